The molecular weight excluding hydrogens is 156 g/mol. The Morgan fingerprint density at radius 2 is 2.25 bits per heavy atom. The van der Waals surface area contributed by atoms with Crippen LogP contribution in [-0.2, 0) is 9.53 Å². The fourth-order valence-electron chi connectivity index (χ4n) is 1.82. The van der Waals surface area contributed by atoms with Crippen LogP contribution in [0.5, 0.6) is 0 Å². The molecule has 0 radical (unpaired) electrons. The van der Waals surface area contributed by atoms with Crippen LogP contribution in [0.15, 0.2) is 0 Å². The molecule has 0 aromatic heterocycles. The molecule has 1 N–H and O–H groups in total. The summed E-state index contributed by atoms with van der Waals surface area (Å²) in [5, 5.41) is 9.18. The topological polar surface area (TPSA) is 46.5 Å². The van der Waals surface area contributed by atoms with Crippen LogP contribution in [0, 0.1) is 17.3 Å². The quantitative estimate of drug-likeness (QED) is 0.504. The molecule has 0 amide bonds. The second-order valence-corrected chi connectivity index (χ2v) is 4.02. The summed E-state index contributed by atoms with van der Waals surface area (Å²) in [6.07, 6.45) is 0.819. The van der Waals surface area contributed by atoms with E-state index in [1.54, 1.807) is 0 Å². The van der Waals surface area contributed by atoms with Gasteiger partial charge in [-0.3, -0.25) is 0 Å². The maximum absolute atomic E-state index is 10.5. The van der Waals surface area contributed by atoms with E-state index in [9.17, 15) is 9.90 Å². The Bertz CT molecular complexity index is 177. The van der Waals surface area contributed by atoms with Crippen LogP contribution < -0.4 is 0 Å². The summed E-state index contributed by atoms with van der Waals surface area (Å²) >= 11 is 0. The standard InChI is InChI=1S/C9H16O3/c1-9(2)6(7(9)5-10)4-8(11)12-3/h5-8,11H,4H2,1-3H3/t6?,7-,8?/m1/s1. The third-order valence-corrected chi connectivity index (χ3v) is 3.01. The molecule has 70 valence electrons. The van der Waals surface area contributed by atoms with Gasteiger partial charge in [0.05, 0.1) is 0 Å². The van der Waals surface area contributed by atoms with Crippen molar-refractivity contribution in [2.45, 2.75) is 26.6 Å². The van der Waals surface area contributed by atoms with E-state index in [-0.39, 0.29) is 17.3 Å². The van der Waals surface area contributed by atoms with Gasteiger partial charge in [-0.05, 0) is 11.3 Å². The first-order chi connectivity index (χ1) is 5.54. The van der Waals surface area contributed by atoms with E-state index in [0.717, 1.165) is 6.29 Å². The molecule has 12 heavy (non-hydrogen) atoms. The molecule has 3 nitrogen and oxygen atoms in total. The zero-order valence-electron chi connectivity index (χ0n) is 7.78. The van der Waals surface area contributed by atoms with Crippen LogP contribution in [0.1, 0.15) is 20.3 Å². The first-order valence-electron chi connectivity index (χ1n) is 4.20. The summed E-state index contributed by atoms with van der Waals surface area (Å²) < 4.78 is 4.73. The zero-order chi connectivity index (χ0) is 9.35. The van der Waals surface area contributed by atoms with E-state index in [1.165, 1.54) is 7.11 Å². The lowest BCUT2D eigenvalue weighted by atomic mass is 10.1. The van der Waals surface area contributed by atoms with Gasteiger partial charge in [-0.1, -0.05) is 13.8 Å². The molecule has 0 heterocycles. The molecular formula is C9H16O3. The summed E-state index contributed by atoms with van der Waals surface area (Å²) in [5.41, 5.74) is 0.0568. The molecule has 1 aliphatic carbocycles. The molecule has 3 atom stereocenters. The van der Waals surface area contributed by atoms with Crippen molar-refractivity contribution in [3.8, 4) is 0 Å². The minimum atomic E-state index is -0.723. The number of carbonyl (C=O) groups excluding carboxylic acids is 1. The predicted octanol–water partition coefficient (Wildman–Crippen LogP) is 0.812. The van der Waals surface area contributed by atoms with Gasteiger partial charge in [-0.15, -0.1) is 0 Å². The van der Waals surface area contributed by atoms with Gasteiger partial charge < -0.3 is 14.6 Å². The molecule has 0 saturated heterocycles. The Morgan fingerprint density at radius 1 is 1.67 bits per heavy atom. The molecule has 0 bridgehead atoms. The van der Waals surface area contributed by atoms with Gasteiger partial charge in [0.25, 0.3) is 0 Å². The number of carbonyl (C=O) groups is 1. The lowest BCUT2D eigenvalue weighted by Gasteiger charge is -2.08. The van der Waals surface area contributed by atoms with Gasteiger partial charge in [0.15, 0.2) is 6.29 Å². The highest BCUT2D eigenvalue weighted by Gasteiger charge is 2.57. The summed E-state index contributed by atoms with van der Waals surface area (Å²) in [6, 6.07) is 0. The molecule has 0 spiro atoms. The maximum atomic E-state index is 10.5. The average Bonchev–Trinajstić information content (AvgIpc) is 2.53. The van der Waals surface area contributed by atoms with Gasteiger partial charge in [0, 0.05) is 19.4 Å². The van der Waals surface area contributed by atoms with Crippen molar-refractivity contribution in [1.82, 2.24) is 0 Å². The van der Waals surface area contributed by atoms with E-state index in [2.05, 4.69) is 0 Å². The summed E-state index contributed by atoms with van der Waals surface area (Å²) in [6.45, 7) is 4.08. The average molecular weight is 172 g/mol. The highest BCUT2D eigenvalue weighted by atomic mass is 16.6. The van der Waals surface area contributed by atoms with E-state index >= 15 is 0 Å². The molecule has 1 rings (SSSR count). The third-order valence-electron chi connectivity index (χ3n) is 3.01. The van der Waals surface area contributed by atoms with Crippen molar-refractivity contribution in [3.63, 3.8) is 0 Å². The van der Waals surface area contributed by atoms with Gasteiger partial charge in [0.2, 0.25) is 0 Å². The summed E-state index contributed by atoms with van der Waals surface area (Å²) in [4.78, 5) is 10.5. The monoisotopic (exact) mass is 172 g/mol. The molecule has 0 aliphatic heterocycles. The molecule has 0 aromatic carbocycles. The molecule has 0 aromatic rings. The third kappa shape index (κ3) is 1.52. The zero-order valence-corrected chi connectivity index (χ0v) is 7.78. The fraction of sp³-hybridized carbons (Fsp3) is 0.889. The van der Waals surface area contributed by atoms with Gasteiger partial charge in [-0.25, -0.2) is 0 Å². The maximum Gasteiger partial charge on any atom is 0.154 e. The fourth-order valence-corrected chi connectivity index (χ4v) is 1.82. The second-order valence-electron chi connectivity index (χ2n) is 4.02. The smallest absolute Gasteiger partial charge is 0.154 e. The second kappa shape index (κ2) is 3.15. The number of aldehydes is 1. The van der Waals surface area contributed by atoms with Crippen LogP contribution in [0.4, 0.5) is 0 Å². The van der Waals surface area contributed by atoms with Crippen molar-refractivity contribution >= 4 is 6.29 Å². The lowest BCUT2D eigenvalue weighted by molar-refractivity contribution is -0.110. The number of rotatable bonds is 4. The van der Waals surface area contributed by atoms with Gasteiger partial charge in [-0.2, -0.15) is 0 Å². The van der Waals surface area contributed by atoms with Crippen molar-refractivity contribution in [1.29, 1.82) is 0 Å². The van der Waals surface area contributed by atoms with Crippen molar-refractivity contribution in [2.24, 2.45) is 17.3 Å². The highest BCUT2D eigenvalue weighted by molar-refractivity contribution is 5.61. The normalized spacial score (nSPS) is 34.3. The molecule has 1 fully saturated rings. The molecule has 2 unspecified atom stereocenters. The van der Waals surface area contributed by atoms with Gasteiger partial charge in [0.1, 0.15) is 6.29 Å². The number of aliphatic hydroxyl groups is 1. The Kier molecular flexibility index (Phi) is 2.54. The van der Waals surface area contributed by atoms with Crippen LogP contribution in [0.3, 0.4) is 0 Å². The van der Waals surface area contributed by atoms with Gasteiger partial charge >= 0.3 is 0 Å². The van der Waals surface area contributed by atoms with Crippen LogP contribution in [-0.4, -0.2) is 24.8 Å². The predicted molar refractivity (Wildman–Crippen MR) is 44.5 cm³/mol. The van der Waals surface area contributed by atoms with E-state index in [1.807, 2.05) is 13.8 Å². The Labute approximate surface area is 72.7 Å². The number of methoxy groups -OCH3 is 1. The number of hydrogen-bond acceptors (Lipinski definition) is 3. The summed E-state index contributed by atoms with van der Waals surface area (Å²) in [5.74, 6) is 0.382. The SMILES string of the molecule is COC(O)CC1[C@@H](C=O)C1(C)C. The molecule has 3 heteroatoms. The number of ether oxygens (including phenoxy) is 1. The lowest BCUT2D eigenvalue weighted by Crippen LogP contribution is -2.11. The summed E-state index contributed by atoms with van der Waals surface area (Å²) in [7, 11) is 1.47. The first kappa shape index (κ1) is 9.68. The first-order valence-corrected chi connectivity index (χ1v) is 4.20. The molecule has 1 saturated carbocycles. The van der Waals surface area contributed by atoms with Crippen LogP contribution >= 0.6 is 0 Å². The molecule has 1 aliphatic rings. The Hall–Kier alpha value is -0.410. The van der Waals surface area contributed by atoms with E-state index < -0.39 is 6.29 Å². The highest BCUT2D eigenvalue weighted by Crippen LogP contribution is 2.59. The minimum Gasteiger partial charge on any atom is -0.368 e. The minimum absolute atomic E-state index is 0.0568. The largest absolute Gasteiger partial charge is 0.368 e. The van der Waals surface area contributed by atoms with Crippen LogP contribution in [0.2, 0.25) is 0 Å². The number of hydrogen-bond donors (Lipinski definition) is 1. The Balaban J connectivity index is 2.42. The van der Waals surface area contributed by atoms with E-state index in [4.69, 9.17) is 4.74 Å². The Morgan fingerprint density at radius 3 is 2.58 bits per heavy atom. The van der Waals surface area contributed by atoms with Crippen molar-refractivity contribution in [2.75, 3.05) is 7.11 Å². The van der Waals surface area contributed by atoms with Crippen molar-refractivity contribution < 1.29 is 14.6 Å². The number of aliphatic hydroxyl groups excluding tert-OH is 1. The van der Waals surface area contributed by atoms with Crippen molar-refractivity contribution in [3.05, 3.63) is 0 Å². The van der Waals surface area contributed by atoms with E-state index in [0.29, 0.717) is 6.42 Å². The van der Waals surface area contributed by atoms with Crippen LogP contribution in [0.25, 0.3) is 0 Å².